The average molecular weight is 211 g/mol. The predicted molar refractivity (Wildman–Crippen MR) is 64.2 cm³/mol. The molecule has 3 nitrogen and oxygen atoms in total. The van der Waals surface area contributed by atoms with Crippen LogP contribution in [-0.4, -0.2) is 62.2 Å². The molecule has 2 aliphatic rings. The summed E-state index contributed by atoms with van der Waals surface area (Å²) >= 11 is 0. The Kier molecular flexibility index (Phi) is 4.42. The summed E-state index contributed by atoms with van der Waals surface area (Å²) in [5, 5.41) is 3.64. The number of hydrogen-bond acceptors (Lipinski definition) is 3. The molecule has 0 radical (unpaired) electrons. The highest BCUT2D eigenvalue weighted by atomic mass is 15.2. The Morgan fingerprint density at radius 1 is 1.07 bits per heavy atom. The van der Waals surface area contributed by atoms with Crippen LogP contribution in [-0.2, 0) is 0 Å². The molecule has 15 heavy (non-hydrogen) atoms. The first-order valence-corrected chi connectivity index (χ1v) is 6.49. The van der Waals surface area contributed by atoms with Crippen molar-refractivity contribution in [3.63, 3.8) is 0 Å². The molecule has 1 N–H and O–H groups in total. The minimum atomic E-state index is 0.766. The summed E-state index contributed by atoms with van der Waals surface area (Å²) in [6.45, 7) is 7.57. The van der Waals surface area contributed by atoms with E-state index in [-0.39, 0.29) is 0 Å². The number of nitrogens with zero attached hydrogens (tertiary/aromatic N) is 2. The van der Waals surface area contributed by atoms with E-state index in [9.17, 15) is 0 Å². The van der Waals surface area contributed by atoms with Gasteiger partial charge in [-0.1, -0.05) is 6.42 Å². The fourth-order valence-corrected chi connectivity index (χ4v) is 2.67. The standard InChI is InChI=1S/C12H25N3/c1-14-7-4-8-15(10-9-14)11-12-5-2-3-6-13-12/h12-13H,2-11H2,1H3/t12-/m1/s1. The molecule has 0 bridgehead atoms. The third kappa shape index (κ3) is 3.74. The van der Waals surface area contributed by atoms with Crippen molar-refractivity contribution >= 4 is 0 Å². The quantitative estimate of drug-likeness (QED) is 0.728. The SMILES string of the molecule is CN1CCCN(C[C@H]2CCCCN2)CC1. The molecule has 0 amide bonds. The zero-order chi connectivity index (χ0) is 10.5. The molecule has 0 unspecified atom stereocenters. The van der Waals surface area contributed by atoms with Crippen LogP contribution in [0.4, 0.5) is 0 Å². The second-order valence-electron chi connectivity index (χ2n) is 5.10. The van der Waals surface area contributed by atoms with Crippen molar-refractivity contribution in [3.8, 4) is 0 Å². The van der Waals surface area contributed by atoms with Crippen LogP contribution in [0.1, 0.15) is 25.7 Å². The summed E-state index contributed by atoms with van der Waals surface area (Å²) in [5.74, 6) is 0. The summed E-state index contributed by atoms with van der Waals surface area (Å²) in [5.41, 5.74) is 0. The van der Waals surface area contributed by atoms with Gasteiger partial charge in [0.25, 0.3) is 0 Å². The summed E-state index contributed by atoms with van der Waals surface area (Å²) < 4.78 is 0. The maximum Gasteiger partial charge on any atom is 0.0195 e. The molecular formula is C12H25N3. The van der Waals surface area contributed by atoms with Crippen LogP contribution in [0.25, 0.3) is 0 Å². The third-order valence-corrected chi connectivity index (χ3v) is 3.70. The molecule has 0 aromatic heterocycles. The van der Waals surface area contributed by atoms with E-state index in [0.717, 1.165) is 6.04 Å². The van der Waals surface area contributed by atoms with Crippen LogP contribution in [0, 0.1) is 0 Å². The van der Waals surface area contributed by atoms with Gasteiger partial charge in [-0.2, -0.15) is 0 Å². The predicted octanol–water partition coefficient (Wildman–Crippen LogP) is 0.766. The van der Waals surface area contributed by atoms with E-state index >= 15 is 0 Å². The van der Waals surface area contributed by atoms with E-state index in [1.807, 2.05) is 0 Å². The summed E-state index contributed by atoms with van der Waals surface area (Å²) in [6, 6.07) is 0.766. The Morgan fingerprint density at radius 3 is 2.80 bits per heavy atom. The van der Waals surface area contributed by atoms with E-state index in [1.54, 1.807) is 0 Å². The van der Waals surface area contributed by atoms with Crippen molar-refractivity contribution in [2.24, 2.45) is 0 Å². The number of likely N-dealkylation sites (N-methyl/N-ethyl adjacent to an activating group) is 1. The Bertz CT molecular complexity index is 178. The zero-order valence-corrected chi connectivity index (χ0v) is 10.0. The highest BCUT2D eigenvalue weighted by molar-refractivity contribution is 4.77. The second kappa shape index (κ2) is 5.83. The van der Waals surface area contributed by atoms with Gasteiger partial charge in [0.05, 0.1) is 0 Å². The maximum absolute atomic E-state index is 3.64. The molecule has 0 saturated carbocycles. The molecule has 2 saturated heterocycles. The lowest BCUT2D eigenvalue weighted by atomic mass is 10.0. The Morgan fingerprint density at radius 2 is 2.00 bits per heavy atom. The number of rotatable bonds is 2. The molecule has 2 heterocycles. The first kappa shape index (κ1) is 11.4. The Labute approximate surface area is 93.8 Å². The molecule has 0 aliphatic carbocycles. The number of hydrogen-bond donors (Lipinski definition) is 1. The van der Waals surface area contributed by atoms with Crippen molar-refractivity contribution in [2.45, 2.75) is 31.7 Å². The number of piperidine rings is 1. The molecule has 1 atom stereocenters. The zero-order valence-electron chi connectivity index (χ0n) is 10.0. The second-order valence-corrected chi connectivity index (χ2v) is 5.10. The Hall–Kier alpha value is -0.120. The van der Waals surface area contributed by atoms with Crippen molar-refractivity contribution in [1.82, 2.24) is 15.1 Å². The third-order valence-electron chi connectivity index (χ3n) is 3.70. The van der Waals surface area contributed by atoms with E-state index < -0.39 is 0 Å². The molecule has 2 aliphatic heterocycles. The molecule has 2 rings (SSSR count). The van der Waals surface area contributed by atoms with Crippen LogP contribution in [0.15, 0.2) is 0 Å². The van der Waals surface area contributed by atoms with Crippen LogP contribution in [0.2, 0.25) is 0 Å². The fraction of sp³-hybridized carbons (Fsp3) is 1.00. The van der Waals surface area contributed by atoms with E-state index in [1.165, 1.54) is 65.0 Å². The molecule has 0 aromatic rings. The van der Waals surface area contributed by atoms with Gasteiger partial charge in [-0.15, -0.1) is 0 Å². The highest BCUT2D eigenvalue weighted by Crippen LogP contribution is 2.10. The van der Waals surface area contributed by atoms with Gasteiger partial charge in [0.1, 0.15) is 0 Å². The molecule has 88 valence electrons. The van der Waals surface area contributed by atoms with Crippen LogP contribution in [0.3, 0.4) is 0 Å². The lowest BCUT2D eigenvalue weighted by molar-refractivity contribution is 0.229. The van der Waals surface area contributed by atoms with Gasteiger partial charge in [-0.25, -0.2) is 0 Å². The van der Waals surface area contributed by atoms with Gasteiger partial charge in [0.15, 0.2) is 0 Å². The van der Waals surface area contributed by atoms with Crippen molar-refractivity contribution in [3.05, 3.63) is 0 Å². The van der Waals surface area contributed by atoms with Gasteiger partial charge in [0.2, 0.25) is 0 Å². The fourth-order valence-electron chi connectivity index (χ4n) is 2.67. The van der Waals surface area contributed by atoms with Gasteiger partial charge in [-0.3, -0.25) is 0 Å². The lowest BCUT2D eigenvalue weighted by Gasteiger charge is -2.29. The monoisotopic (exact) mass is 211 g/mol. The average Bonchev–Trinajstić information content (AvgIpc) is 2.46. The minimum absolute atomic E-state index is 0.766. The molecule has 0 aromatic carbocycles. The van der Waals surface area contributed by atoms with Crippen molar-refractivity contribution in [2.75, 3.05) is 46.3 Å². The van der Waals surface area contributed by atoms with E-state index in [0.29, 0.717) is 0 Å². The van der Waals surface area contributed by atoms with Crippen molar-refractivity contribution < 1.29 is 0 Å². The summed E-state index contributed by atoms with van der Waals surface area (Å²) in [6.07, 6.45) is 5.51. The van der Waals surface area contributed by atoms with Gasteiger partial charge in [-0.05, 0) is 45.9 Å². The molecule has 2 fully saturated rings. The summed E-state index contributed by atoms with van der Waals surface area (Å²) in [7, 11) is 2.24. The van der Waals surface area contributed by atoms with Crippen LogP contribution >= 0.6 is 0 Å². The van der Waals surface area contributed by atoms with E-state index in [4.69, 9.17) is 0 Å². The highest BCUT2D eigenvalue weighted by Gasteiger charge is 2.18. The summed E-state index contributed by atoms with van der Waals surface area (Å²) in [4.78, 5) is 5.10. The van der Waals surface area contributed by atoms with E-state index in [2.05, 4.69) is 22.2 Å². The normalized spacial score (nSPS) is 31.4. The number of nitrogens with one attached hydrogen (secondary N) is 1. The van der Waals surface area contributed by atoms with Crippen LogP contribution in [0.5, 0.6) is 0 Å². The van der Waals surface area contributed by atoms with Gasteiger partial charge in [0, 0.05) is 25.7 Å². The van der Waals surface area contributed by atoms with Crippen LogP contribution < -0.4 is 5.32 Å². The topological polar surface area (TPSA) is 18.5 Å². The largest absolute Gasteiger partial charge is 0.313 e. The van der Waals surface area contributed by atoms with Crippen molar-refractivity contribution in [1.29, 1.82) is 0 Å². The Balaban J connectivity index is 1.72. The first-order valence-electron chi connectivity index (χ1n) is 6.49. The van der Waals surface area contributed by atoms with Gasteiger partial charge < -0.3 is 15.1 Å². The maximum atomic E-state index is 3.64. The van der Waals surface area contributed by atoms with Gasteiger partial charge >= 0.3 is 0 Å². The molecular weight excluding hydrogens is 186 g/mol. The molecule has 0 spiro atoms. The molecule has 3 heteroatoms. The lowest BCUT2D eigenvalue weighted by Crippen LogP contribution is -2.44. The smallest absolute Gasteiger partial charge is 0.0195 e. The first-order chi connectivity index (χ1) is 7.34. The minimum Gasteiger partial charge on any atom is -0.313 e.